The first-order valence-corrected chi connectivity index (χ1v) is 1.79. The maximum atomic E-state index is 8.93. The molecule has 0 unspecified atom stereocenters. The van der Waals surface area contributed by atoms with Crippen LogP contribution in [0.25, 0.3) is 0 Å². The number of nitrogens with zero attached hydrogens (tertiary/aromatic N) is 2. The fourth-order valence-corrected chi connectivity index (χ4v) is 0.0595. The van der Waals surface area contributed by atoms with Crippen LogP contribution >= 0.6 is 0 Å². The topological polar surface area (TPSA) is 53.2 Å². The van der Waals surface area contributed by atoms with E-state index in [1.54, 1.807) is 0 Å². The molecular weight excluding hydrogens is 135 g/mol. The summed E-state index contributed by atoms with van der Waals surface area (Å²) in [4.78, 5) is 10.5. The van der Waals surface area contributed by atoms with Crippen LogP contribution in [-0.4, -0.2) is 29.6 Å². The Bertz CT molecular complexity index is 68.4. The van der Waals surface area contributed by atoms with Crippen LogP contribution in [0.1, 0.15) is 0 Å². The van der Waals surface area contributed by atoms with Gasteiger partial charge in [-0.3, -0.25) is 0 Å². The summed E-state index contributed by atoms with van der Waals surface area (Å²) in [6.07, 6.45) is 0. The predicted octanol–water partition coefficient (Wildman–Crippen LogP) is -0.417. The summed E-state index contributed by atoms with van der Waals surface area (Å²) in [5.74, 6) is 0. The van der Waals surface area contributed by atoms with E-state index in [9.17, 15) is 0 Å². The van der Waals surface area contributed by atoms with Crippen molar-refractivity contribution in [3.8, 4) is 4.97 Å². The van der Waals surface area contributed by atoms with Crippen LogP contribution in [0.15, 0.2) is 4.19 Å². The van der Waals surface area contributed by atoms with Crippen LogP contribution < -0.4 is 0 Å². The maximum absolute atomic E-state index is 8.93. The van der Waals surface area contributed by atoms with Gasteiger partial charge in [0.25, 0.3) is 0 Å². The van der Waals surface area contributed by atoms with Crippen molar-refractivity contribution in [2.24, 2.45) is 4.19 Å². The van der Waals surface area contributed by atoms with Gasteiger partial charge < -0.3 is 0 Å². The Kier molecular flexibility index (Phi) is 14.9. The molecule has 0 N–H and O–H groups in total. The summed E-state index contributed by atoms with van der Waals surface area (Å²) < 4.78 is 2.24. The van der Waals surface area contributed by atoms with Gasteiger partial charge in [0, 0.05) is 0 Å². The molecule has 0 aromatic carbocycles. The van der Waals surface area contributed by atoms with Crippen molar-refractivity contribution in [1.82, 2.24) is 0 Å². The molecular formula is CHFeN2NaO. The number of rotatable bonds is 1. The molecule has 0 amide bonds. The third-order valence-electron chi connectivity index (χ3n) is 0.0676. The SMILES string of the molecule is N#[C][Fe][N]=O.[NaH]. The quantitative estimate of drug-likeness (QED) is 0.363. The van der Waals surface area contributed by atoms with Crippen molar-refractivity contribution in [3.63, 3.8) is 0 Å². The molecule has 0 aliphatic carbocycles. The minimum atomic E-state index is -0.236. The molecule has 0 radical (unpaired) electrons. The van der Waals surface area contributed by atoms with Crippen molar-refractivity contribution in [1.29, 1.82) is 5.26 Å². The second-order valence-electron chi connectivity index (χ2n) is 0.223. The third kappa shape index (κ3) is 8.82. The molecule has 0 rings (SSSR count). The molecule has 5 heteroatoms. The summed E-state index contributed by atoms with van der Waals surface area (Å²) in [6.45, 7) is 0. The molecule has 0 fully saturated rings. The average molecular weight is 136 g/mol. The second kappa shape index (κ2) is 9.15. The molecule has 30 valence electrons. The standard InChI is InChI=1S/CN.Fe.NO.Na.H/c1-2;;1-2;;/q;+1;-1;;. The number of hydrogen-bond donors (Lipinski definition) is 0. The minimum absolute atomic E-state index is 0. The Balaban J connectivity index is 0. The molecule has 0 bridgehead atoms. The summed E-state index contributed by atoms with van der Waals surface area (Å²) in [5, 5.41) is 7.52. The Hall–Kier alpha value is 0.609. The molecule has 0 atom stereocenters. The van der Waals surface area contributed by atoms with Crippen molar-refractivity contribution < 1.29 is 15.2 Å². The van der Waals surface area contributed by atoms with Gasteiger partial charge in [-0.05, 0) is 0 Å². The van der Waals surface area contributed by atoms with Gasteiger partial charge in [0.15, 0.2) is 0 Å². The summed E-state index contributed by atoms with van der Waals surface area (Å²) in [7, 11) is 0. The molecule has 3 nitrogen and oxygen atoms in total. The Morgan fingerprint density at radius 2 is 2.33 bits per heavy atom. The monoisotopic (exact) mass is 136 g/mol. The van der Waals surface area contributed by atoms with E-state index < -0.39 is 0 Å². The molecule has 0 saturated heterocycles. The van der Waals surface area contributed by atoms with Crippen LogP contribution in [0.3, 0.4) is 0 Å². The predicted molar refractivity (Wildman–Crippen MR) is 18.6 cm³/mol. The fraction of sp³-hybridized carbons (Fsp3) is 0. The van der Waals surface area contributed by atoms with Crippen molar-refractivity contribution in [3.05, 3.63) is 4.91 Å². The number of hydrogen-bond acceptors (Lipinski definition) is 3. The fourth-order valence-electron chi connectivity index (χ4n) is 0.0144. The molecule has 0 aromatic heterocycles. The third-order valence-corrected chi connectivity index (χ3v) is 0.279. The molecule has 0 aliphatic heterocycles. The summed E-state index contributed by atoms with van der Waals surface area (Å²) in [5.41, 5.74) is 0. The van der Waals surface area contributed by atoms with Crippen LogP contribution in [0, 0.1) is 15.1 Å². The van der Waals surface area contributed by atoms with Crippen LogP contribution in [0.4, 0.5) is 0 Å². The molecule has 0 spiro atoms. The van der Waals surface area contributed by atoms with E-state index >= 15 is 0 Å². The molecule has 0 saturated carbocycles. The van der Waals surface area contributed by atoms with Crippen LogP contribution in [-0.2, 0) is 15.2 Å². The molecule has 0 heterocycles. The van der Waals surface area contributed by atoms with E-state index in [4.69, 9.17) is 10.2 Å². The normalized spacial score (nSPS) is 5.17. The zero-order valence-corrected chi connectivity index (χ0v) is 3.26. The van der Waals surface area contributed by atoms with Gasteiger partial charge in [-0.1, -0.05) is 0 Å². The van der Waals surface area contributed by atoms with E-state index in [2.05, 4.69) is 4.19 Å². The van der Waals surface area contributed by atoms with Crippen molar-refractivity contribution >= 4 is 29.6 Å². The van der Waals surface area contributed by atoms with E-state index in [1.807, 2.05) is 0 Å². The van der Waals surface area contributed by atoms with Crippen LogP contribution in [0.2, 0.25) is 0 Å². The Labute approximate surface area is 63.7 Å². The van der Waals surface area contributed by atoms with Gasteiger partial charge in [-0.2, -0.15) is 0 Å². The van der Waals surface area contributed by atoms with E-state index in [-0.39, 0.29) is 44.7 Å². The first-order valence-electron chi connectivity index (χ1n) is 0.741. The zero-order chi connectivity index (χ0) is 4.12. The van der Waals surface area contributed by atoms with Gasteiger partial charge in [0.05, 0.1) is 0 Å². The average Bonchev–Trinajstić information content (AvgIpc) is 1.41. The second-order valence-corrected chi connectivity index (χ2v) is 0.918. The Morgan fingerprint density at radius 1 is 1.83 bits per heavy atom. The van der Waals surface area contributed by atoms with E-state index in [0.717, 1.165) is 0 Å². The summed E-state index contributed by atoms with van der Waals surface area (Å²) in [6, 6.07) is 0. The zero-order valence-electron chi connectivity index (χ0n) is 2.16. The summed E-state index contributed by atoms with van der Waals surface area (Å²) >= 11 is -0.236. The molecule has 0 aromatic rings. The van der Waals surface area contributed by atoms with Gasteiger partial charge in [-0.25, -0.2) is 0 Å². The van der Waals surface area contributed by atoms with E-state index in [0.29, 0.717) is 0 Å². The Morgan fingerprint density at radius 3 is 2.33 bits per heavy atom. The number of nitriles is 1. The first-order chi connectivity index (χ1) is 2.41. The van der Waals surface area contributed by atoms with Gasteiger partial charge in [0.1, 0.15) is 0 Å². The molecule has 6 heavy (non-hydrogen) atoms. The van der Waals surface area contributed by atoms with Crippen molar-refractivity contribution in [2.45, 2.75) is 0 Å². The van der Waals surface area contributed by atoms with Gasteiger partial charge >= 0.3 is 64.1 Å². The van der Waals surface area contributed by atoms with Crippen molar-refractivity contribution in [2.75, 3.05) is 0 Å². The van der Waals surface area contributed by atoms with Gasteiger partial charge in [0.2, 0.25) is 0 Å². The van der Waals surface area contributed by atoms with Gasteiger partial charge in [-0.15, -0.1) is 0 Å². The van der Waals surface area contributed by atoms with Crippen LogP contribution in [0.5, 0.6) is 0 Å². The van der Waals surface area contributed by atoms with E-state index in [1.165, 1.54) is 4.97 Å². The number of nitroso groups, excluding NO2 is 1. The molecule has 0 aliphatic rings. The first kappa shape index (κ1) is 9.79.